The third-order valence-corrected chi connectivity index (χ3v) is 3.69. The molecule has 0 fully saturated rings. The lowest BCUT2D eigenvalue weighted by atomic mass is 10.1. The molecule has 0 aliphatic rings. The minimum Gasteiger partial charge on any atom is -0.491 e. The fourth-order valence-electron chi connectivity index (χ4n) is 2.33. The van der Waals surface area contributed by atoms with E-state index in [1.165, 1.54) is 0 Å². The Bertz CT molecular complexity index is 638. The Balaban J connectivity index is 1.81. The Morgan fingerprint density at radius 1 is 1.17 bits per heavy atom. The smallest absolute Gasteiger partial charge is 0.122 e. The third kappa shape index (κ3) is 5.32. The summed E-state index contributed by atoms with van der Waals surface area (Å²) in [5.74, 6) is 0.798. The molecule has 4 nitrogen and oxygen atoms in total. The number of hydrogen-bond acceptors (Lipinski definition) is 4. The van der Waals surface area contributed by atoms with Gasteiger partial charge in [-0.2, -0.15) is 0 Å². The van der Waals surface area contributed by atoms with Gasteiger partial charge in [-0.25, -0.2) is 0 Å². The summed E-state index contributed by atoms with van der Waals surface area (Å²) in [5, 5.41) is 13.3. The molecular formula is C20H26N2O2. The van der Waals surface area contributed by atoms with E-state index in [-0.39, 0.29) is 6.61 Å². The van der Waals surface area contributed by atoms with Crippen LogP contribution in [0.1, 0.15) is 5.56 Å². The molecule has 1 atom stereocenters. The van der Waals surface area contributed by atoms with Crippen LogP contribution in [0.3, 0.4) is 0 Å². The fraction of sp³-hybridized carbons (Fsp3) is 0.300. The van der Waals surface area contributed by atoms with Crippen molar-refractivity contribution in [2.45, 2.75) is 12.5 Å². The van der Waals surface area contributed by atoms with E-state index in [1.54, 1.807) is 0 Å². The van der Waals surface area contributed by atoms with Crippen LogP contribution in [-0.4, -0.2) is 38.5 Å². The van der Waals surface area contributed by atoms with E-state index in [9.17, 15) is 5.11 Å². The highest BCUT2D eigenvalue weighted by Crippen LogP contribution is 2.19. The van der Waals surface area contributed by atoms with Crippen molar-refractivity contribution in [3.05, 3.63) is 66.7 Å². The summed E-state index contributed by atoms with van der Waals surface area (Å²) >= 11 is 0. The number of anilines is 2. The molecule has 0 spiro atoms. The minimum absolute atomic E-state index is 0.247. The Hall–Kier alpha value is -2.46. The quantitative estimate of drug-likeness (QED) is 0.694. The van der Waals surface area contributed by atoms with Gasteiger partial charge in [0.15, 0.2) is 0 Å². The van der Waals surface area contributed by atoms with Crippen LogP contribution in [0.25, 0.3) is 0 Å². The number of rotatable bonds is 9. The van der Waals surface area contributed by atoms with Crippen LogP contribution in [-0.2, 0) is 6.42 Å². The van der Waals surface area contributed by atoms with Gasteiger partial charge in [-0.1, -0.05) is 24.3 Å². The van der Waals surface area contributed by atoms with E-state index in [0.29, 0.717) is 6.54 Å². The van der Waals surface area contributed by atoms with Gasteiger partial charge in [0.2, 0.25) is 0 Å². The number of hydrogen-bond donors (Lipinski definition) is 2. The molecule has 0 amide bonds. The Labute approximate surface area is 144 Å². The van der Waals surface area contributed by atoms with Crippen LogP contribution in [0.2, 0.25) is 0 Å². The summed E-state index contributed by atoms with van der Waals surface area (Å²) < 4.78 is 5.75. The van der Waals surface area contributed by atoms with Crippen molar-refractivity contribution < 1.29 is 9.84 Å². The van der Waals surface area contributed by atoms with Crippen LogP contribution >= 0.6 is 0 Å². The molecule has 128 valence electrons. The maximum absolute atomic E-state index is 10.1. The van der Waals surface area contributed by atoms with Crippen molar-refractivity contribution in [1.82, 2.24) is 0 Å². The van der Waals surface area contributed by atoms with Crippen LogP contribution in [0, 0.1) is 0 Å². The zero-order chi connectivity index (χ0) is 17.4. The van der Waals surface area contributed by atoms with Crippen LogP contribution in [0.15, 0.2) is 61.2 Å². The lowest BCUT2D eigenvalue weighted by Crippen LogP contribution is -2.26. The molecule has 0 saturated carbocycles. The SMILES string of the molecule is C=CCc1ccccc1OCC(O)CNc1ccc(N(C)C)cc1. The summed E-state index contributed by atoms with van der Waals surface area (Å²) in [7, 11) is 4.02. The maximum atomic E-state index is 10.1. The first-order valence-corrected chi connectivity index (χ1v) is 8.11. The van der Waals surface area contributed by atoms with Crippen molar-refractivity contribution >= 4 is 11.4 Å². The topological polar surface area (TPSA) is 44.7 Å². The van der Waals surface area contributed by atoms with Gasteiger partial charge in [0.25, 0.3) is 0 Å². The molecule has 0 aromatic heterocycles. The molecule has 2 aromatic rings. The molecular weight excluding hydrogens is 300 g/mol. The highest BCUT2D eigenvalue weighted by Gasteiger charge is 2.07. The van der Waals surface area contributed by atoms with E-state index in [1.807, 2.05) is 73.6 Å². The van der Waals surface area contributed by atoms with E-state index in [0.717, 1.165) is 29.1 Å². The molecule has 0 radical (unpaired) electrons. The number of aliphatic hydroxyl groups is 1. The predicted molar refractivity (Wildman–Crippen MR) is 101 cm³/mol. The van der Waals surface area contributed by atoms with Crippen molar-refractivity contribution in [2.24, 2.45) is 0 Å². The van der Waals surface area contributed by atoms with Crippen molar-refractivity contribution in [2.75, 3.05) is 37.5 Å². The summed E-state index contributed by atoms with van der Waals surface area (Å²) in [6, 6.07) is 15.9. The van der Waals surface area contributed by atoms with E-state index in [4.69, 9.17) is 4.74 Å². The fourth-order valence-corrected chi connectivity index (χ4v) is 2.33. The summed E-state index contributed by atoms with van der Waals surface area (Å²) in [4.78, 5) is 2.05. The van der Waals surface area contributed by atoms with Crippen LogP contribution in [0.4, 0.5) is 11.4 Å². The van der Waals surface area contributed by atoms with Gasteiger partial charge >= 0.3 is 0 Å². The van der Waals surface area contributed by atoms with E-state index >= 15 is 0 Å². The number of nitrogens with zero attached hydrogens (tertiary/aromatic N) is 1. The summed E-state index contributed by atoms with van der Waals surface area (Å²) in [5.41, 5.74) is 3.20. The second-order valence-corrected chi connectivity index (χ2v) is 5.89. The second kappa shape index (κ2) is 8.99. The number of allylic oxidation sites excluding steroid dienone is 1. The molecule has 0 heterocycles. The molecule has 1 unspecified atom stereocenters. The molecule has 2 rings (SSSR count). The lowest BCUT2D eigenvalue weighted by Gasteiger charge is -2.16. The first-order chi connectivity index (χ1) is 11.6. The first kappa shape index (κ1) is 17.9. The number of ether oxygens (including phenoxy) is 1. The molecule has 2 aromatic carbocycles. The molecule has 0 aliphatic heterocycles. The zero-order valence-corrected chi connectivity index (χ0v) is 14.4. The van der Waals surface area contributed by atoms with Crippen molar-refractivity contribution in [3.8, 4) is 5.75 Å². The van der Waals surface area contributed by atoms with Gasteiger partial charge in [-0.05, 0) is 42.3 Å². The van der Waals surface area contributed by atoms with E-state index in [2.05, 4.69) is 11.9 Å². The zero-order valence-electron chi connectivity index (χ0n) is 14.4. The normalized spacial score (nSPS) is 11.6. The largest absolute Gasteiger partial charge is 0.491 e. The van der Waals surface area contributed by atoms with Gasteiger partial charge in [-0.15, -0.1) is 6.58 Å². The highest BCUT2D eigenvalue weighted by molar-refractivity contribution is 5.54. The van der Waals surface area contributed by atoms with Gasteiger partial charge < -0.3 is 20.1 Å². The van der Waals surface area contributed by atoms with Gasteiger partial charge in [0.1, 0.15) is 18.5 Å². The number of nitrogens with one attached hydrogen (secondary N) is 1. The third-order valence-electron chi connectivity index (χ3n) is 3.69. The number of para-hydroxylation sites is 1. The summed E-state index contributed by atoms with van der Waals surface area (Å²) in [6.07, 6.45) is 2.01. The Morgan fingerprint density at radius 3 is 2.54 bits per heavy atom. The summed E-state index contributed by atoms with van der Waals surface area (Å²) in [6.45, 7) is 4.44. The molecule has 0 bridgehead atoms. The molecule has 0 saturated heterocycles. The predicted octanol–water partition coefficient (Wildman–Crippen LogP) is 3.33. The standard InChI is InChI=1S/C20H26N2O2/c1-4-7-16-8-5-6-9-20(16)24-15-19(23)14-21-17-10-12-18(13-11-17)22(2)3/h4-6,8-13,19,21,23H,1,7,14-15H2,2-3H3. The number of benzene rings is 2. The Kier molecular flexibility index (Phi) is 6.70. The monoisotopic (exact) mass is 326 g/mol. The highest BCUT2D eigenvalue weighted by atomic mass is 16.5. The van der Waals surface area contributed by atoms with Crippen LogP contribution < -0.4 is 15.0 Å². The van der Waals surface area contributed by atoms with E-state index < -0.39 is 6.10 Å². The van der Waals surface area contributed by atoms with Gasteiger partial charge in [-0.3, -0.25) is 0 Å². The average Bonchev–Trinajstić information content (AvgIpc) is 2.60. The van der Waals surface area contributed by atoms with Crippen molar-refractivity contribution in [1.29, 1.82) is 0 Å². The first-order valence-electron chi connectivity index (χ1n) is 8.11. The average molecular weight is 326 g/mol. The number of aliphatic hydroxyl groups excluding tert-OH is 1. The van der Waals surface area contributed by atoms with Gasteiger partial charge in [0, 0.05) is 32.0 Å². The lowest BCUT2D eigenvalue weighted by molar-refractivity contribution is 0.117. The maximum Gasteiger partial charge on any atom is 0.122 e. The van der Waals surface area contributed by atoms with Gasteiger partial charge in [0.05, 0.1) is 0 Å². The minimum atomic E-state index is -0.588. The molecule has 24 heavy (non-hydrogen) atoms. The molecule has 2 N–H and O–H groups in total. The molecule has 0 aliphatic carbocycles. The second-order valence-electron chi connectivity index (χ2n) is 5.89. The van der Waals surface area contributed by atoms with Crippen molar-refractivity contribution in [3.63, 3.8) is 0 Å². The molecule has 4 heteroatoms. The van der Waals surface area contributed by atoms with Crippen LogP contribution in [0.5, 0.6) is 5.75 Å². The Morgan fingerprint density at radius 2 is 1.88 bits per heavy atom.